The molecule has 8 heteroatoms. The molecule has 180 valence electrons. The van der Waals surface area contributed by atoms with Crippen LogP contribution in [0, 0.1) is 0 Å². The molecule has 5 rings (SSSR count). The first-order valence-electron chi connectivity index (χ1n) is 11.1. The van der Waals surface area contributed by atoms with Crippen LogP contribution >= 0.6 is 22.9 Å². The van der Waals surface area contributed by atoms with Crippen molar-refractivity contribution in [3.05, 3.63) is 88.8 Å². The van der Waals surface area contributed by atoms with E-state index < -0.39 is 0 Å². The number of nitrogen functional groups attached to an aromatic ring is 1. The van der Waals surface area contributed by atoms with E-state index in [-0.39, 0.29) is 5.91 Å². The second-order valence-corrected chi connectivity index (χ2v) is 9.42. The van der Waals surface area contributed by atoms with Crippen molar-refractivity contribution < 1.29 is 14.3 Å². The highest BCUT2D eigenvalue weighted by Gasteiger charge is 2.22. The minimum Gasteiger partial charge on any atom is -0.493 e. The molecule has 0 fully saturated rings. The lowest BCUT2D eigenvalue weighted by atomic mass is 9.99. The number of hydrogen-bond donors (Lipinski definition) is 2. The quantitative estimate of drug-likeness (QED) is 0.251. The lowest BCUT2D eigenvalue weighted by molar-refractivity contribution is 0.103. The van der Waals surface area contributed by atoms with E-state index in [0.29, 0.717) is 43.0 Å². The normalized spacial score (nSPS) is 10.9. The number of methoxy groups -OCH3 is 2. The largest absolute Gasteiger partial charge is 0.493 e. The van der Waals surface area contributed by atoms with Gasteiger partial charge in [0.05, 0.1) is 25.6 Å². The van der Waals surface area contributed by atoms with Gasteiger partial charge in [-0.1, -0.05) is 54.1 Å². The molecule has 3 aromatic carbocycles. The fraction of sp³-hybridized carbons (Fsp3) is 0.0714. The summed E-state index contributed by atoms with van der Waals surface area (Å²) in [5.74, 6) is 0.890. The van der Waals surface area contributed by atoms with Gasteiger partial charge >= 0.3 is 0 Å². The molecule has 0 unspecified atom stereocenters. The molecule has 6 nitrogen and oxygen atoms in total. The fourth-order valence-corrected chi connectivity index (χ4v) is 5.24. The maximum atomic E-state index is 13.2. The molecule has 2 heterocycles. The Balaban J connectivity index is 1.69. The summed E-state index contributed by atoms with van der Waals surface area (Å²) < 4.78 is 10.9. The highest BCUT2D eigenvalue weighted by Crippen LogP contribution is 2.43. The number of fused-ring (bicyclic) bond motifs is 1. The number of nitrogens with two attached hydrogens (primary N) is 1. The summed E-state index contributed by atoms with van der Waals surface area (Å²) in [7, 11) is 3.19. The topological polar surface area (TPSA) is 86.5 Å². The maximum Gasteiger partial charge on any atom is 0.267 e. The van der Waals surface area contributed by atoms with E-state index in [0.717, 1.165) is 22.4 Å². The first-order valence-corrected chi connectivity index (χ1v) is 12.3. The van der Waals surface area contributed by atoms with Gasteiger partial charge in [0.2, 0.25) is 0 Å². The van der Waals surface area contributed by atoms with Crippen LogP contribution in [0.5, 0.6) is 11.5 Å². The van der Waals surface area contributed by atoms with Crippen LogP contribution in [-0.2, 0) is 0 Å². The molecule has 0 aliphatic rings. The van der Waals surface area contributed by atoms with Crippen LogP contribution in [0.3, 0.4) is 0 Å². The first-order chi connectivity index (χ1) is 17.5. The maximum absolute atomic E-state index is 13.2. The number of halogens is 1. The van der Waals surface area contributed by atoms with Gasteiger partial charge in [0.1, 0.15) is 9.71 Å². The summed E-state index contributed by atoms with van der Waals surface area (Å²) in [5.41, 5.74) is 11.0. The number of amides is 1. The number of rotatable bonds is 6. The van der Waals surface area contributed by atoms with Crippen LogP contribution in [0.25, 0.3) is 32.6 Å². The number of anilines is 2. The third-order valence-electron chi connectivity index (χ3n) is 5.75. The smallest absolute Gasteiger partial charge is 0.267 e. The minimum atomic E-state index is -0.322. The molecule has 36 heavy (non-hydrogen) atoms. The van der Waals surface area contributed by atoms with E-state index in [4.69, 9.17) is 31.8 Å². The highest BCUT2D eigenvalue weighted by molar-refractivity contribution is 7.21. The predicted octanol–water partition coefficient (Wildman–Crippen LogP) is 7.14. The van der Waals surface area contributed by atoms with Crippen molar-refractivity contribution in [2.24, 2.45) is 0 Å². The highest BCUT2D eigenvalue weighted by atomic mass is 35.5. The molecule has 0 aliphatic heterocycles. The number of benzene rings is 3. The zero-order valence-corrected chi connectivity index (χ0v) is 21.1. The van der Waals surface area contributed by atoms with E-state index in [9.17, 15) is 4.79 Å². The number of nitrogens with zero attached hydrogens (tertiary/aromatic N) is 1. The Hall–Kier alpha value is -4.07. The van der Waals surface area contributed by atoms with Gasteiger partial charge in [-0.05, 0) is 47.5 Å². The second-order valence-electron chi connectivity index (χ2n) is 7.98. The van der Waals surface area contributed by atoms with Crippen LogP contribution in [-0.4, -0.2) is 25.1 Å². The Kier molecular flexibility index (Phi) is 6.50. The molecule has 0 bridgehead atoms. The Morgan fingerprint density at radius 1 is 0.917 bits per heavy atom. The van der Waals surface area contributed by atoms with Gasteiger partial charge in [0.15, 0.2) is 11.5 Å². The monoisotopic (exact) mass is 515 g/mol. The number of aromatic nitrogens is 1. The summed E-state index contributed by atoms with van der Waals surface area (Å²) in [4.78, 5) is 19.1. The SMILES string of the molecule is COc1ccc(-c2cc(-c3ccccc3)nc3sc(C(=O)Nc4cccc(Cl)c4)c(N)c23)cc1OC. The van der Waals surface area contributed by atoms with Gasteiger partial charge in [0.25, 0.3) is 5.91 Å². The molecule has 0 aliphatic carbocycles. The number of thiophene rings is 1. The van der Waals surface area contributed by atoms with Crippen molar-refractivity contribution in [1.29, 1.82) is 0 Å². The zero-order chi connectivity index (χ0) is 25.2. The van der Waals surface area contributed by atoms with Crippen LogP contribution in [0.1, 0.15) is 9.67 Å². The molecule has 3 N–H and O–H groups in total. The molecule has 0 spiro atoms. The van der Waals surface area contributed by atoms with Crippen LogP contribution in [0.15, 0.2) is 78.9 Å². The van der Waals surface area contributed by atoms with Crippen molar-refractivity contribution in [2.75, 3.05) is 25.3 Å². The van der Waals surface area contributed by atoms with Crippen LogP contribution in [0.2, 0.25) is 5.02 Å². The van der Waals surface area contributed by atoms with Gasteiger partial charge in [0, 0.05) is 21.7 Å². The molecule has 2 aromatic heterocycles. The van der Waals surface area contributed by atoms with Crippen molar-refractivity contribution in [3.63, 3.8) is 0 Å². The fourth-order valence-electron chi connectivity index (χ4n) is 4.03. The van der Waals surface area contributed by atoms with E-state index in [1.807, 2.05) is 54.6 Å². The molecular formula is C28H22ClN3O3S. The zero-order valence-electron chi connectivity index (χ0n) is 19.5. The lowest BCUT2D eigenvalue weighted by Crippen LogP contribution is -2.11. The minimum absolute atomic E-state index is 0.322. The summed E-state index contributed by atoms with van der Waals surface area (Å²) in [5, 5.41) is 4.12. The van der Waals surface area contributed by atoms with Crippen molar-refractivity contribution >= 4 is 50.4 Å². The van der Waals surface area contributed by atoms with Crippen LogP contribution < -0.4 is 20.5 Å². The van der Waals surface area contributed by atoms with Gasteiger partial charge in [-0.3, -0.25) is 4.79 Å². The molecule has 0 saturated heterocycles. The number of nitrogens with one attached hydrogen (secondary N) is 1. The summed E-state index contributed by atoms with van der Waals surface area (Å²) in [6, 6.07) is 24.5. The standard InChI is InChI=1S/C28H22ClN3O3S/c1-34-22-12-11-17(13-23(22)35-2)20-15-21(16-7-4-3-5-8-16)32-28-24(20)25(30)26(36-28)27(33)31-19-10-6-9-18(29)14-19/h3-15H,30H2,1-2H3,(H,31,33). The molecule has 1 amide bonds. The Morgan fingerprint density at radius 2 is 1.69 bits per heavy atom. The average Bonchev–Trinajstić information content (AvgIpc) is 3.24. The average molecular weight is 516 g/mol. The first kappa shape index (κ1) is 23.7. The summed E-state index contributed by atoms with van der Waals surface area (Å²) in [6.45, 7) is 0. The van der Waals surface area contributed by atoms with Crippen molar-refractivity contribution in [3.8, 4) is 33.9 Å². The third kappa shape index (κ3) is 4.46. The van der Waals surface area contributed by atoms with Crippen LogP contribution in [0.4, 0.5) is 11.4 Å². The Morgan fingerprint density at radius 3 is 2.42 bits per heavy atom. The number of ether oxygens (including phenoxy) is 2. The van der Waals surface area contributed by atoms with Crippen molar-refractivity contribution in [2.45, 2.75) is 0 Å². The summed E-state index contributed by atoms with van der Waals surface area (Å²) >= 11 is 7.33. The third-order valence-corrected chi connectivity index (χ3v) is 7.09. The molecular weight excluding hydrogens is 494 g/mol. The van der Waals surface area contributed by atoms with E-state index in [1.54, 1.807) is 38.5 Å². The molecule has 0 atom stereocenters. The molecule has 0 saturated carbocycles. The Labute approximate surface area is 217 Å². The van der Waals surface area contributed by atoms with Crippen molar-refractivity contribution in [1.82, 2.24) is 4.98 Å². The summed E-state index contributed by atoms with van der Waals surface area (Å²) in [6.07, 6.45) is 0. The van der Waals surface area contributed by atoms with E-state index >= 15 is 0 Å². The number of hydrogen-bond acceptors (Lipinski definition) is 6. The van der Waals surface area contributed by atoms with E-state index in [2.05, 4.69) is 5.32 Å². The number of carbonyl (C=O) groups is 1. The van der Waals surface area contributed by atoms with E-state index in [1.165, 1.54) is 11.3 Å². The van der Waals surface area contributed by atoms with Gasteiger partial charge in [-0.15, -0.1) is 11.3 Å². The number of carbonyl (C=O) groups excluding carboxylic acids is 1. The van der Waals surface area contributed by atoms with Gasteiger partial charge in [-0.25, -0.2) is 4.98 Å². The Bertz CT molecular complexity index is 1580. The second kappa shape index (κ2) is 9.89. The predicted molar refractivity (Wildman–Crippen MR) is 147 cm³/mol. The number of pyridine rings is 1. The van der Waals surface area contributed by atoms with Gasteiger partial charge < -0.3 is 20.5 Å². The van der Waals surface area contributed by atoms with Gasteiger partial charge in [-0.2, -0.15) is 0 Å². The molecule has 5 aromatic rings. The lowest BCUT2D eigenvalue weighted by Gasteiger charge is -2.12. The molecule has 0 radical (unpaired) electrons.